The van der Waals surface area contributed by atoms with Gasteiger partial charge >= 0.3 is 0 Å². The van der Waals surface area contributed by atoms with E-state index in [0.29, 0.717) is 16.9 Å². The number of fused-ring (bicyclic) bond motifs is 1. The number of anilines is 2. The molecule has 4 rings (SSSR count). The maximum Gasteiger partial charge on any atom is 0.234 e. The van der Waals surface area contributed by atoms with Crippen molar-refractivity contribution in [1.82, 2.24) is 25.6 Å². The topological polar surface area (TPSA) is 126 Å². The summed E-state index contributed by atoms with van der Waals surface area (Å²) in [5.41, 5.74) is 10.6. The zero-order chi connectivity index (χ0) is 20.5. The number of hydrogen-bond acceptors (Lipinski definition) is 9. The van der Waals surface area contributed by atoms with Crippen LogP contribution in [0.1, 0.15) is 5.56 Å². The fraction of sp³-hybridized carbons (Fsp3) is 0.500. The van der Waals surface area contributed by atoms with Crippen LogP contribution in [0.3, 0.4) is 0 Å². The van der Waals surface area contributed by atoms with Gasteiger partial charge in [0, 0.05) is 38.6 Å². The fourth-order valence-corrected chi connectivity index (χ4v) is 3.98. The van der Waals surface area contributed by atoms with Gasteiger partial charge in [0.1, 0.15) is 24.0 Å². The minimum atomic E-state index is -0.675. The van der Waals surface area contributed by atoms with Gasteiger partial charge in [0.05, 0.1) is 35.8 Å². The number of nitriles is 1. The number of carbonyl (C=O) groups excluding carboxylic acids is 1. The lowest BCUT2D eigenvalue weighted by molar-refractivity contribution is -0.121. The van der Waals surface area contributed by atoms with Crippen LogP contribution in [0, 0.1) is 17.2 Å². The lowest BCUT2D eigenvalue weighted by Gasteiger charge is -2.35. The van der Waals surface area contributed by atoms with E-state index in [9.17, 15) is 14.4 Å². The van der Waals surface area contributed by atoms with Crippen molar-refractivity contribution >= 4 is 17.3 Å². The molecule has 3 aliphatic rings. The van der Waals surface area contributed by atoms with Crippen molar-refractivity contribution in [3.63, 3.8) is 0 Å². The van der Waals surface area contributed by atoms with E-state index < -0.39 is 18.2 Å². The molecule has 2 saturated heterocycles. The van der Waals surface area contributed by atoms with E-state index in [0.717, 1.165) is 26.2 Å². The Kier molecular flexibility index (Phi) is 5.33. The number of nitrogens with two attached hydrogens (primary N) is 1. The van der Waals surface area contributed by atoms with E-state index in [1.165, 1.54) is 12.4 Å². The van der Waals surface area contributed by atoms with Crippen LogP contribution in [0.5, 0.6) is 0 Å². The van der Waals surface area contributed by atoms with Crippen LogP contribution in [-0.4, -0.2) is 72.9 Å². The Morgan fingerprint density at radius 1 is 1.38 bits per heavy atom. The summed E-state index contributed by atoms with van der Waals surface area (Å²) < 4.78 is 13.5. The van der Waals surface area contributed by atoms with Gasteiger partial charge in [-0.3, -0.25) is 9.78 Å². The van der Waals surface area contributed by atoms with Gasteiger partial charge in [-0.2, -0.15) is 5.26 Å². The van der Waals surface area contributed by atoms with E-state index >= 15 is 0 Å². The number of pyridine rings is 1. The first kappa shape index (κ1) is 19.5. The zero-order valence-electron chi connectivity index (χ0n) is 16.1. The Labute approximate surface area is 168 Å². The monoisotopic (exact) mass is 401 g/mol. The molecule has 2 fully saturated rings. The fourth-order valence-electron chi connectivity index (χ4n) is 3.98. The molecule has 4 heterocycles. The minimum absolute atomic E-state index is 0.0349. The predicted octanol–water partition coefficient (Wildman–Crippen LogP) is -0.895. The second-order valence-electron chi connectivity index (χ2n) is 7.49. The van der Waals surface area contributed by atoms with Crippen molar-refractivity contribution in [3.8, 4) is 6.07 Å². The molecule has 1 aromatic heterocycles. The number of halogens is 1. The molecule has 5 N–H and O–H groups in total. The number of nitrogens with one attached hydrogen (secondary N) is 3. The number of rotatable bonds is 3. The van der Waals surface area contributed by atoms with Crippen molar-refractivity contribution in [1.29, 1.82) is 5.26 Å². The first-order chi connectivity index (χ1) is 14.0. The molecular weight excluding hydrogens is 377 g/mol. The van der Waals surface area contributed by atoms with Crippen LogP contribution in [0.15, 0.2) is 24.4 Å². The largest absolute Gasteiger partial charge is 0.372 e. The van der Waals surface area contributed by atoms with Crippen molar-refractivity contribution in [3.05, 3.63) is 30.0 Å². The molecule has 11 heteroatoms. The Balaban J connectivity index is 1.58. The maximum atomic E-state index is 13.5. The zero-order valence-corrected chi connectivity index (χ0v) is 16.1. The van der Waals surface area contributed by atoms with E-state index in [1.54, 1.807) is 11.2 Å². The molecule has 29 heavy (non-hydrogen) atoms. The van der Waals surface area contributed by atoms with Gasteiger partial charge in [0.15, 0.2) is 0 Å². The van der Waals surface area contributed by atoms with Crippen LogP contribution in [-0.2, 0) is 4.79 Å². The van der Waals surface area contributed by atoms with Crippen LogP contribution >= 0.6 is 0 Å². The summed E-state index contributed by atoms with van der Waals surface area (Å²) in [6.07, 6.45) is 3.17. The summed E-state index contributed by atoms with van der Waals surface area (Å²) in [4.78, 5) is 21.5. The Morgan fingerprint density at radius 3 is 2.86 bits per heavy atom. The van der Waals surface area contributed by atoms with Crippen LogP contribution in [0.25, 0.3) is 0 Å². The predicted molar refractivity (Wildman–Crippen MR) is 105 cm³/mol. The molecule has 0 spiro atoms. The van der Waals surface area contributed by atoms with Crippen molar-refractivity contribution in [2.75, 3.05) is 50.0 Å². The lowest BCUT2D eigenvalue weighted by atomic mass is 10.0. The molecule has 3 atom stereocenters. The molecule has 0 saturated carbocycles. The van der Waals surface area contributed by atoms with E-state index in [1.807, 2.05) is 7.05 Å². The first-order valence-corrected chi connectivity index (χ1v) is 9.49. The molecule has 3 aliphatic heterocycles. The number of piperazine rings is 1. The highest BCUT2D eigenvalue weighted by Crippen LogP contribution is 2.31. The van der Waals surface area contributed by atoms with Crippen LogP contribution < -0.4 is 26.7 Å². The van der Waals surface area contributed by atoms with Crippen molar-refractivity contribution in [2.45, 2.75) is 12.3 Å². The van der Waals surface area contributed by atoms with E-state index in [-0.39, 0.29) is 18.3 Å². The third-order valence-electron chi connectivity index (χ3n) is 5.53. The quantitative estimate of drug-likeness (QED) is 0.510. The second kappa shape index (κ2) is 7.92. The second-order valence-corrected chi connectivity index (χ2v) is 7.49. The Hall–Kier alpha value is -2.78. The summed E-state index contributed by atoms with van der Waals surface area (Å²) in [5.74, 6) is -1.33. The number of carbonyl (C=O) groups is 1. The van der Waals surface area contributed by atoms with Crippen LogP contribution in [0.2, 0.25) is 0 Å². The molecule has 1 aromatic rings. The van der Waals surface area contributed by atoms with Gasteiger partial charge < -0.3 is 26.2 Å². The van der Waals surface area contributed by atoms with Gasteiger partial charge in [-0.25, -0.2) is 14.8 Å². The smallest absolute Gasteiger partial charge is 0.234 e. The molecule has 0 radical (unpaired) electrons. The first-order valence-electron chi connectivity index (χ1n) is 9.49. The molecule has 0 aliphatic carbocycles. The highest BCUT2D eigenvalue weighted by molar-refractivity contribution is 5.97. The molecule has 0 bridgehead atoms. The third-order valence-corrected chi connectivity index (χ3v) is 5.53. The van der Waals surface area contributed by atoms with Gasteiger partial charge in [-0.15, -0.1) is 0 Å². The number of hydrogen-bond donors (Lipinski definition) is 4. The van der Waals surface area contributed by atoms with Gasteiger partial charge in [-0.1, -0.05) is 0 Å². The van der Waals surface area contributed by atoms with Gasteiger partial charge in [0.25, 0.3) is 0 Å². The molecule has 154 valence electrons. The van der Waals surface area contributed by atoms with Gasteiger partial charge in [0.2, 0.25) is 5.91 Å². The van der Waals surface area contributed by atoms with E-state index in [2.05, 4.69) is 36.9 Å². The highest BCUT2D eigenvalue weighted by Gasteiger charge is 2.45. The van der Waals surface area contributed by atoms with Crippen molar-refractivity contribution in [2.24, 2.45) is 11.7 Å². The molecule has 0 aromatic carbocycles. The van der Waals surface area contributed by atoms with Crippen molar-refractivity contribution < 1.29 is 9.18 Å². The van der Waals surface area contributed by atoms with Crippen LogP contribution in [0.4, 0.5) is 15.8 Å². The summed E-state index contributed by atoms with van der Waals surface area (Å²) in [6.45, 7) is 3.23. The minimum Gasteiger partial charge on any atom is -0.372 e. The SMILES string of the molecule is CN1CCN(c2c(C#N)cncc2NC(=O)C2C(N)NN3CC(F)=CNC23)CC1. The molecule has 10 nitrogen and oxygen atoms in total. The standard InChI is InChI=1S/C18H24FN9O/c1-26-2-4-27(5-3-26)15-11(6-20)7-22-9-13(15)24-18(29)14-16(21)25-28-10-12(19)8-23-17(14)28/h7-9,14,16-17,23,25H,2-5,10,21H2,1H3,(H,24,29). The maximum absolute atomic E-state index is 13.5. The number of aromatic nitrogens is 1. The number of hydrazine groups is 1. The van der Waals surface area contributed by atoms with E-state index in [4.69, 9.17) is 5.73 Å². The summed E-state index contributed by atoms with van der Waals surface area (Å²) >= 11 is 0. The molecular formula is C18H24FN9O. The van der Waals surface area contributed by atoms with Gasteiger partial charge in [-0.05, 0) is 7.05 Å². The highest BCUT2D eigenvalue weighted by atomic mass is 19.1. The normalized spacial score (nSPS) is 27.6. The Morgan fingerprint density at radius 2 is 2.14 bits per heavy atom. The molecule has 3 unspecified atom stereocenters. The summed E-state index contributed by atoms with van der Waals surface area (Å²) in [5, 5.41) is 16.9. The average molecular weight is 401 g/mol. The number of amides is 1. The average Bonchev–Trinajstić information content (AvgIpc) is 3.03. The number of nitrogens with zero attached hydrogens (tertiary/aromatic N) is 5. The molecule has 1 amide bonds. The summed E-state index contributed by atoms with van der Waals surface area (Å²) in [7, 11) is 2.05. The number of likely N-dealkylation sites (N-methyl/N-ethyl adjacent to an activating group) is 1. The lowest BCUT2D eigenvalue weighted by Crippen LogP contribution is -2.51. The summed E-state index contributed by atoms with van der Waals surface area (Å²) in [6, 6.07) is 2.17. The Bertz CT molecular complexity index is 861. The third kappa shape index (κ3) is 3.75.